The molecule has 0 rings (SSSR count). The monoisotopic (exact) mass is 211 g/mol. The summed E-state index contributed by atoms with van der Waals surface area (Å²) in [5.74, 6) is -0.998. The van der Waals surface area contributed by atoms with Crippen molar-refractivity contribution in [2.75, 3.05) is 0 Å². The molecule has 0 unspecified atom stereocenters. The molecule has 3 N–H and O–H groups in total. The molecule has 0 aromatic heterocycles. The SMILES string of the molecule is NC(=O)CCCCCCCC(=O)O.[H-].[Na+]. The summed E-state index contributed by atoms with van der Waals surface area (Å²) in [5.41, 5.74) is 4.96. The van der Waals surface area contributed by atoms with E-state index in [1.807, 2.05) is 0 Å². The molecule has 0 radical (unpaired) electrons. The van der Waals surface area contributed by atoms with Gasteiger partial charge in [-0.15, -0.1) is 0 Å². The summed E-state index contributed by atoms with van der Waals surface area (Å²) in [6.07, 6.45) is 5.11. The Morgan fingerprint density at radius 2 is 1.43 bits per heavy atom. The second-order valence-electron chi connectivity index (χ2n) is 3.13. The van der Waals surface area contributed by atoms with Crippen LogP contribution in [0.15, 0.2) is 0 Å². The molecule has 5 heteroatoms. The third-order valence-corrected chi connectivity index (χ3v) is 1.81. The molecule has 0 atom stereocenters. The molecule has 0 bridgehead atoms. The number of carboxylic acids is 1. The van der Waals surface area contributed by atoms with E-state index in [1.54, 1.807) is 0 Å². The van der Waals surface area contributed by atoms with Crippen molar-refractivity contribution in [2.24, 2.45) is 5.73 Å². The van der Waals surface area contributed by atoms with Gasteiger partial charge in [-0.2, -0.15) is 0 Å². The van der Waals surface area contributed by atoms with Gasteiger partial charge in [-0.1, -0.05) is 19.3 Å². The minimum Gasteiger partial charge on any atom is -1.00 e. The second kappa shape index (κ2) is 11.0. The molecule has 0 saturated heterocycles. The summed E-state index contributed by atoms with van der Waals surface area (Å²) in [6.45, 7) is 0. The maximum atomic E-state index is 10.3. The van der Waals surface area contributed by atoms with Crippen molar-refractivity contribution in [1.82, 2.24) is 0 Å². The fourth-order valence-electron chi connectivity index (χ4n) is 1.11. The number of hydrogen-bond donors (Lipinski definition) is 2. The summed E-state index contributed by atoms with van der Waals surface area (Å²) >= 11 is 0. The van der Waals surface area contributed by atoms with Crippen molar-refractivity contribution >= 4 is 11.9 Å². The Hall–Kier alpha value is -0.0600. The Morgan fingerprint density at radius 3 is 1.86 bits per heavy atom. The van der Waals surface area contributed by atoms with E-state index >= 15 is 0 Å². The van der Waals surface area contributed by atoms with Crippen LogP contribution < -0.4 is 35.3 Å². The summed E-state index contributed by atoms with van der Waals surface area (Å²) in [5, 5.41) is 8.33. The van der Waals surface area contributed by atoms with Gasteiger partial charge in [0, 0.05) is 12.8 Å². The summed E-state index contributed by atoms with van der Waals surface area (Å²) < 4.78 is 0. The molecule has 0 saturated carbocycles. The standard InChI is InChI=1S/C9H17NO3.Na.H/c10-8(11)6-4-2-1-3-5-7-9(12)13;;/h1-7H2,(H2,10,11)(H,12,13);;/q;+1;-1. The number of carbonyl (C=O) groups excluding carboxylic acids is 1. The number of nitrogens with two attached hydrogens (primary N) is 1. The molecule has 0 aromatic carbocycles. The van der Waals surface area contributed by atoms with Crippen molar-refractivity contribution in [2.45, 2.75) is 44.9 Å². The van der Waals surface area contributed by atoms with Gasteiger partial charge in [0.25, 0.3) is 0 Å². The van der Waals surface area contributed by atoms with E-state index in [2.05, 4.69) is 0 Å². The average molecular weight is 211 g/mol. The maximum absolute atomic E-state index is 10.3. The van der Waals surface area contributed by atoms with Gasteiger partial charge in [0.1, 0.15) is 0 Å². The molecule has 0 aromatic rings. The molecule has 0 aliphatic carbocycles. The van der Waals surface area contributed by atoms with Crippen LogP contribution in [-0.2, 0) is 9.59 Å². The van der Waals surface area contributed by atoms with Crippen molar-refractivity contribution in [3.05, 3.63) is 0 Å². The largest absolute Gasteiger partial charge is 1.00 e. The van der Waals surface area contributed by atoms with Gasteiger partial charge in [0.05, 0.1) is 0 Å². The average Bonchev–Trinajstić information content (AvgIpc) is 2.01. The predicted molar refractivity (Wildman–Crippen MR) is 50.3 cm³/mol. The zero-order chi connectivity index (χ0) is 10.1. The molecule has 1 amide bonds. The van der Waals surface area contributed by atoms with E-state index in [1.165, 1.54) is 0 Å². The Labute approximate surface area is 108 Å². The zero-order valence-corrected chi connectivity index (χ0v) is 10.8. The number of primary amides is 1. The van der Waals surface area contributed by atoms with Gasteiger partial charge in [0.2, 0.25) is 5.91 Å². The van der Waals surface area contributed by atoms with E-state index in [0.29, 0.717) is 6.42 Å². The van der Waals surface area contributed by atoms with E-state index in [-0.39, 0.29) is 43.3 Å². The third kappa shape index (κ3) is 14.5. The Bertz CT molecular complexity index is 161. The van der Waals surface area contributed by atoms with Crippen LogP contribution in [0.3, 0.4) is 0 Å². The Balaban J connectivity index is -0.000000720. The summed E-state index contributed by atoms with van der Waals surface area (Å²) in [4.78, 5) is 20.4. The first kappa shape index (κ1) is 16.4. The number of carbonyl (C=O) groups is 2. The molecule has 0 aliphatic heterocycles. The quantitative estimate of drug-likeness (QED) is 0.375. The van der Waals surface area contributed by atoms with Crippen molar-refractivity contribution < 1.29 is 45.7 Å². The van der Waals surface area contributed by atoms with Gasteiger partial charge in [-0.3, -0.25) is 9.59 Å². The normalized spacial score (nSPS) is 9.14. The van der Waals surface area contributed by atoms with E-state index < -0.39 is 5.97 Å². The van der Waals surface area contributed by atoms with Crippen LogP contribution in [-0.4, -0.2) is 17.0 Å². The van der Waals surface area contributed by atoms with Crippen molar-refractivity contribution in [3.63, 3.8) is 0 Å². The molecule has 0 fully saturated rings. The smallest absolute Gasteiger partial charge is 1.00 e. The predicted octanol–water partition coefficient (Wildman–Crippen LogP) is -1.60. The van der Waals surface area contributed by atoms with Crippen LogP contribution in [0.4, 0.5) is 0 Å². The van der Waals surface area contributed by atoms with E-state index in [0.717, 1.165) is 32.1 Å². The number of unbranched alkanes of at least 4 members (excludes halogenated alkanes) is 4. The fourth-order valence-corrected chi connectivity index (χ4v) is 1.11. The molecule has 4 nitrogen and oxygen atoms in total. The van der Waals surface area contributed by atoms with Gasteiger partial charge < -0.3 is 12.3 Å². The first-order valence-electron chi connectivity index (χ1n) is 4.63. The van der Waals surface area contributed by atoms with Crippen LogP contribution in [0.5, 0.6) is 0 Å². The minimum absolute atomic E-state index is 0. The fraction of sp³-hybridized carbons (Fsp3) is 0.778. The van der Waals surface area contributed by atoms with Crippen LogP contribution in [0.2, 0.25) is 0 Å². The first-order chi connectivity index (χ1) is 6.13. The van der Waals surface area contributed by atoms with Crippen molar-refractivity contribution in [3.8, 4) is 0 Å². The van der Waals surface area contributed by atoms with E-state index in [4.69, 9.17) is 10.8 Å². The van der Waals surface area contributed by atoms with Crippen LogP contribution in [0.25, 0.3) is 0 Å². The Kier molecular flexibility index (Phi) is 12.9. The zero-order valence-electron chi connectivity index (χ0n) is 9.79. The second-order valence-corrected chi connectivity index (χ2v) is 3.13. The minimum atomic E-state index is -0.739. The number of rotatable bonds is 8. The third-order valence-electron chi connectivity index (χ3n) is 1.81. The van der Waals surface area contributed by atoms with Crippen molar-refractivity contribution in [1.29, 1.82) is 0 Å². The molecular weight excluding hydrogens is 193 g/mol. The summed E-state index contributed by atoms with van der Waals surface area (Å²) in [6, 6.07) is 0. The Morgan fingerprint density at radius 1 is 1.00 bits per heavy atom. The molecule has 0 heterocycles. The number of hydrogen-bond acceptors (Lipinski definition) is 2. The number of carboxylic acid groups (broad SMARTS) is 1. The first-order valence-corrected chi connectivity index (χ1v) is 4.63. The van der Waals surface area contributed by atoms with Crippen LogP contribution >= 0.6 is 0 Å². The molecule has 0 aliphatic rings. The van der Waals surface area contributed by atoms with E-state index in [9.17, 15) is 9.59 Å². The van der Waals surface area contributed by atoms with Crippen LogP contribution in [0.1, 0.15) is 46.4 Å². The van der Waals surface area contributed by atoms with Crippen LogP contribution in [0, 0.1) is 0 Å². The number of amides is 1. The maximum Gasteiger partial charge on any atom is 1.00 e. The molecule has 78 valence electrons. The number of aliphatic carboxylic acids is 1. The molecule has 14 heavy (non-hydrogen) atoms. The topological polar surface area (TPSA) is 80.4 Å². The van der Waals surface area contributed by atoms with Gasteiger partial charge in [-0.05, 0) is 12.8 Å². The molecular formula is C9H18NNaO3. The molecule has 0 spiro atoms. The summed E-state index contributed by atoms with van der Waals surface area (Å²) in [7, 11) is 0. The van der Waals surface area contributed by atoms with Gasteiger partial charge in [0.15, 0.2) is 0 Å². The van der Waals surface area contributed by atoms with Gasteiger partial charge >= 0.3 is 35.5 Å². The van der Waals surface area contributed by atoms with Gasteiger partial charge in [-0.25, -0.2) is 0 Å².